The van der Waals surface area contributed by atoms with Crippen molar-refractivity contribution in [2.24, 2.45) is 5.73 Å². The molecule has 0 bridgehead atoms. The Morgan fingerprint density at radius 3 is 2.57 bits per heavy atom. The third-order valence-corrected chi connectivity index (χ3v) is 6.62. The Bertz CT molecular complexity index is 1170. The van der Waals surface area contributed by atoms with Gasteiger partial charge < -0.3 is 24.8 Å². The zero-order chi connectivity index (χ0) is 25.8. The number of nitrogens with two attached hydrogens (primary N) is 1. The van der Waals surface area contributed by atoms with Gasteiger partial charge in [-0.25, -0.2) is 9.36 Å². The molecule has 1 aliphatic rings. The van der Waals surface area contributed by atoms with Gasteiger partial charge in [0.05, 0.1) is 18.8 Å². The van der Waals surface area contributed by atoms with E-state index in [0.29, 0.717) is 0 Å². The lowest BCUT2D eigenvalue weighted by Gasteiger charge is -2.25. The summed E-state index contributed by atoms with van der Waals surface area (Å²) >= 11 is 0. The Morgan fingerprint density at radius 1 is 1.26 bits per heavy atom. The van der Waals surface area contributed by atoms with Crippen LogP contribution < -0.4 is 26.6 Å². The van der Waals surface area contributed by atoms with Crippen molar-refractivity contribution in [3.63, 3.8) is 0 Å². The average molecular weight is 512 g/mol. The van der Waals surface area contributed by atoms with E-state index >= 15 is 0 Å². The van der Waals surface area contributed by atoms with Gasteiger partial charge in [0, 0.05) is 12.3 Å². The third kappa shape index (κ3) is 6.88. The molecule has 2 heterocycles. The first-order valence-electron chi connectivity index (χ1n) is 10.9. The topological polar surface area (TPSA) is 184 Å². The van der Waals surface area contributed by atoms with Crippen molar-refractivity contribution < 1.29 is 33.0 Å². The van der Waals surface area contributed by atoms with Gasteiger partial charge in [0.2, 0.25) is 0 Å². The number of carbonyl (C=O) groups excluding carboxylic acids is 1. The van der Waals surface area contributed by atoms with Crippen molar-refractivity contribution in [1.29, 1.82) is 0 Å². The number of aliphatic hydroxyl groups is 1. The minimum absolute atomic E-state index is 0.204. The molecular weight excluding hydrogens is 483 g/mol. The highest BCUT2D eigenvalue weighted by molar-refractivity contribution is 7.52. The van der Waals surface area contributed by atoms with Crippen LogP contribution in [-0.4, -0.2) is 57.6 Å². The Morgan fingerprint density at radius 2 is 1.94 bits per heavy atom. The van der Waals surface area contributed by atoms with Gasteiger partial charge in [-0.1, -0.05) is 18.2 Å². The monoisotopic (exact) mass is 512 g/mol. The second kappa shape index (κ2) is 11.3. The van der Waals surface area contributed by atoms with Crippen molar-refractivity contribution >= 4 is 13.7 Å². The molecule has 1 aromatic heterocycles. The number of esters is 1. The number of para-hydroxylation sites is 1. The molecule has 35 heavy (non-hydrogen) atoms. The standard InChI is InChI=1S/C21H29N4O9P/c1-12(2)32-20(28)13(3)24-35(30,34-14-7-5-4-6-8-14)31-11-15-18(27)17(22)19(33-15)25-10-9-16(26)23-21(25)29/h4-10,12-13,15,17-19,27H,11,22H2,1-3H3,(H,24,30)(H,23,26,29)/t13-,15+,17+,18+,19+,35+/m0/s1. The van der Waals surface area contributed by atoms with Gasteiger partial charge >= 0.3 is 19.4 Å². The quantitative estimate of drug-likeness (QED) is 0.253. The lowest BCUT2D eigenvalue weighted by Crippen LogP contribution is -2.43. The minimum atomic E-state index is -4.20. The molecule has 0 saturated carbocycles. The minimum Gasteiger partial charge on any atom is -0.462 e. The average Bonchev–Trinajstić information content (AvgIpc) is 3.06. The molecule has 0 amide bonds. The van der Waals surface area contributed by atoms with Gasteiger partial charge in [0.25, 0.3) is 5.56 Å². The van der Waals surface area contributed by atoms with Crippen molar-refractivity contribution in [2.75, 3.05) is 6.61 Å². The Labute approximate surface area is 200 Å². The maximum atomic E-state index is 13.5. The SMILES string of the molecule is CC(C)OC(=O)[C@H](C)N[P@@](=O)(OC[C@H]1O[C@@H](n2ccc(=O)[nH]c2=O)[C@H](N)[C@@H]1O)Oc1ccccc1. The summed E-state index contributed by atoms with van der Waals surface area (Å²) < 4.78 is 36.5. The number of ether oxygens (including phenoxy) is 2. The van der Waals surface area contributed by atoms with E-state index < -0.39 is 62.1 Å². The largest absolute Gasteiger partial charge is 0.462 e. The van der Waals surface area contributed by atoms with E-state index in [1.165, 1.54) is 13.1 Å². The maximum absolute atomic E-state index is 13.5. The van der Waals surface area contributed by atoms with Crippen LogP contribution in [-0.2, 0) is 23.4 Å². The van der Waals surface area contributed by atoms with Gasteiger partial charge in [-0.3, -0.25) is 23.7 Å². The Balaban J connectivity index is 1.75. The number of nitrogens with zero attached hydrogens (tertiary/aromatic N) is 1. The number of aromatic amines is 1. The fourth-order valence-electron chi connectivity index (χ4n) is 3.29. The molecule has 1 aliphatic heterocycles. The molecule has 0 aliphatic carbocycles. The maximum Gasteiger partial charge on any atom is 0.459 e. The molecule has 1 aromatic carbocycles. The fourth-order valence-corrected chi connectivity index (χ4v) is 4.79. The summed E-state index contributed by atoms with van der Waals surface area (Å²) in [5.41, 5.74) is 4.64. The van der Waals surface area contributed by atoms with E-state index in [2.05, 4.69) is 10.1 Å². The van der Waals surface area contributed by atoms with Crippen LogP contribution in [0, 0.1) is 0 Å². The number of carbonyl (C=O) groups is 1. The molecule has 14 heteroatoms. The van der Waals surface area contributed by atoms with E-state index in [1.54, 1.807) is 44.2 Å². The molecule has 13 nitrogen and oxygen atoms in total. The van der Waals surface area contributed by atoms with Crippen LogP contribution in [0.3, 0.4) is 0 Å². The number of aromatic nitrogens is 2. The van der Waals surface area contributed by atoms with Gasteiger partial charge in [-0.05, 0) is 32.9 Å². The summed E-state index contributed by atoms with van der Waals surface area (Å²) in [5, 5.41) is 13.1. The number of hydrogen-bond donors (Lipinski definition) is 4. The molecule has 1 fully saturated rings. The van der Waals surface area contributed by atoms with E-state index in [4.69, 9.17) is 24.3 Å². The first-order chi connectivity index (χ1) is 16.5. The molecule has 192 valence electrons. The van der Waals surface area contributed by atoms with Crippen molar-refractivity contribution in [2.45, 2.75) is 57.4 Å². The van der Waals surface area contributed by atoms with E-state index in [1.807, 2.05) is 0 Å². The Kier molecular flexibility index (Phi) is 8.65. The number of hydrogen-bond acceptors (Lipinski definition) is 10. The van der Waals surface area contributed by atoms with Crippen molar-refractivity contribution in [3.8, 4) is 5.75 Å². The summed E-state index contributed by atoms with van der Waals surface area (Å²) in [5.74, 6) is -0.466. The Hall–Kier alpha value is -2.80. The molecule has 0 unspecified atom stereocenters. The number of rotatable bonds is 10. The number of nitrogens with one attached hydrogen (secondary N) is 2. The highest BCUT2D eigenvalue weighted by Gasteiger charge is 2.44. The van der Waals surface area contributed by atoms with Gasteiger partial charge in [0.1, 0.15) is 24.0 Å². The highest BCUT2D eigenvalue weighted by atomic mass is 31.2. The molecule has 0 spiro atoms. The zero-order valence-electron chi connectivity index (χ0n) is 19.4. The lowest BCUT2D eigenvalue weighted by molar-refractivity contribution is -0.149. The summed E-state index contributed by atoms with van der Waals surface area (Å²) in [6, 6.07) is 7.13. The van der Waals surface area contributed by atoms with Gasteiger partial charge in [-0.15, -0.1) is 0 Å². The third-order valence-electron chi connectivity index (χ3n) is 4.98. The van der Waals surface area contributed by atoms with E-state index in [0.717, 1.165) is 10.6 Å². The molecule has 3 rings (SSSR count). The van der Waals surface area contributed by atoms with Crippen molar-refractivity contribution in [1.82, 2.24) is 14.6 Å². The zero-order valence-corrected chi connectivity index (χ0v) is 20.3. The van der Waals surface area contributed by atoms with Crippen LogP contribution in [0.4, 0.5) is 0 Å². The smallest absolute Gasteiger partial charge is 0.459 e. The van der Waals surface area contributed by atoms with Gasteiger partial charge in [0.15, 0.2) is 6.23 Å². The first kappa shape index (κ1) is 26.8. The second-order valence-electron chi connectivity index (χ2n) is 8.18. The highest BCUT2D eigenvalue weighted by Crippen LogP contribution is 2.45. The molecule has 5 N–H and O–H groups in total. The van der Waals surface area contributed by atoms with Crippen molar-refractivity contribution in [3.05, 3.63) is 63.4 Å². The van der Waals surface area contributed by atoms with Crippen LogP contribution in [0.2, 0.25) is 0 Å². The summed E-state index contributed by atoms with van der Waals surface area (Å²) in [4.78, 5) is 37.8. The van der Waals surface area contributed by atoms with Crippen LogP contribution in [0.25, 0.3) is 0 Å². The second-order valence-corrected chi connectivity index (χ2v) is 9.88. The first-order valence-corrected chi connectivity index (χ1v) is 12.4. The van der Waals surface area contributed by atoms with Crippen LogP contribution >= 0.6 is 7.75 Å². The molecule has 2 aromatic rings. The molecule has 0 radical (unpaired) electrons. The normalized spacial score (nSPS) is 24.6. The summed E-state index contributed by atoms with van der Waals surface area (Å²) in [7, 11) is -4.20. The van der Waals surface area contributed by atoms with Crippen LogP contribution in [0.15, 0.2) is 52.2 Å². The number of benzene rings is 1. The predicted octanol–water partition coefficient (Wildman–Crippen LogP) is 0.256. The molecular formula is C21H29N4O9P. The summed E-state index contributed by atoms with van der Waals surface area (Å²) in [6.07, 6.45) is -2.74. The van der Waals surface area contributed by atoms with Crippen LogP contribution in [0.5, 0.6) is 5.75 Å². The fraction of sp³-hybridized carbons (Fsp3) is 0.476. The van der Waals surface area contributed by atoms with Gasteiger partial charge in [-0.2, -0.15) is 5.09 Å². The van der Waals surface area contributed by atoms with Crippen LogP contribution in [0.1, 0.15) is 27.0 Å². The number of H-pyrrole nitrogens is 1. The lowest BCUT2D eigenvalue weighted by atomic mass is 10.1. The summed E-state index contributed by atoms with van der Waals surface area (Å²) in [6.45, 7) is 4.32. The number of aliphatic hydroxyl groups excluding tert-OH is 1. The van der Waals surface area contributed by atoms with E-state index in [-0.39, 0.29) is 11.9 Å². The molecule has 6 atom stereocenters. The predicted molar refractivity (Wildman–Crippen MR) is 124 cm³/mol. The molecule has 1 saturated heterocycles. The van der Waals surface area contributed by atoms with E-state index in [9.17, 15) is 24.1 Å².